The van der Waals surface area contributed by atoms with Gasteiger partial charge >= 0.3 is 0 Å². The van der Waals surface area contributed by atoms with Gasteiger partial charge in [-0.15, -0.1) is 6.58 Å². The first-order valence-electron chi connectivity index (χ1n) is 7.47. The maximum Gasteiger partial charge on any atom is 0.264 e. The predicted octanol–water partition coefficient (Wildman–Crippen LogP) is 3.09. The van der Waals surface area contributed by atoms with Crippen LogP contribution in [-0.2, 0) is 10.0 Å². The van der Waals surface area contributed by atoms with E-state index in [1.807, 2.05) is 0 Å². The number of sulfonamides is 1. The van der Waals surface area contributed by atoms with E-state index >= 15 is 0 Å². The fourth-order valence-corrected chi connectivity index (χ4v) is 3.77. The molecule has 7 heteroatoms. The average Bonchev–Trinajstić information content (AvgIpc) is 2.65. The van der Waals surface area contributed by atoms with Crippen molar-refractivity contribution in [3.05, 3.63) is 55.1 Å². The van der Waals surface area contributed by atoms with Crippen molar-refractivity contribution in [2.24, 2.45) is 0 Å². The van der Waals surface area contributed by atoms with Gasteiger partial charge in [0.2, 0.25) is 0 Å². The van der Waals surface area contributed by atoms with Gasteiger partial charge in [0.05, 0.1) is 38.5 Å². The smallest absolute Gasteiger partial charge is 0.264 e. The van der Waals surface area contributed by atoms with E-state index in [4.69, 9.17) is 14.2 Å². The molecule has 0 aliphatic heterocycles. The van der Waals surface area contributed by atoms with Crippen molar-refractivity contribution in [1.82, 2.24) is 0 Å². The van der Waals surface area contributed by atoms with Gasteiger partial charge in [0, 0.05) is 12.1 Å². The molecule has 0 amide bonds. The molecule has 25 heavy (non-hydrogen) atoms. The minimum atomic E-state index is -3.83. The predicted molar refractivity (Wildman–Crippen MR) is 97.3 cm³/mol. The van der Waals surface area contributed by atoms with Gasteiger partial charge in [-0.25, -0.2) is 8.42 Å². The van der Waals surface area contributed by atoms with Gasteiger partial charge < -0.3 is 14.2 Å². The molecule has 0 N–H and O–H groups in total. The molecule has 0 saturated carbocycles. The van der Waals surface area contributed by atoms with Crippen molar-refractivity contribution in [2.75, 3.05) is 32.2 Å². The van der Waals surface area contributed by atoms with E-state index < -0.39 is 10.0 Å². The zero-order valence-corrected chi connectivity index (χ0v) is 15.2. The lowest BCUT2D eigenvalue weighted by Gasteiger charge is -2.24. The lowest BCUT2D eigenvalue weighted by molar-refractivity contribution is 0.354. The number of rotatable bonds is 8. The Bertz CT molecular complexity index is 848. The van der Waals surface area contributed by atoms with Crippen LogP contribution in [-0.4, -0.2) is 36.3 Å². The van der Waals surface area contributed by atoms with Gasteiger partial charge in [-0.2, -0.15) is 0 Å². The van der Waals surface area contributed by atoms with E-state index in [0.29, 0.717) is 22.9 Å². The molecule has 0 bridgehead atoms. The Morgan fingerprint density at radius 3 is 2.32 bits per heavy atom. The number of methoxy groups -OCH3 is 3. The van der Waals surface area contributed by atoms with E-state index in [2.05, 4.69) is 6.58 Å². The second-order valence-electron chi connectivity index (χ2n) is 5.04. The van der Waals surface area contributed by atoms with Gasteiger partial charge in [-0.1, -0.05) is 12.1 Å². The third-order valence-corrected chi connectivity index (χ3v) is 5.37. The molecular formula is C18H21NO5S. The number of ether oxygens (including phenoxy) is 3. The van der Waals surface area contributed by atoms with Crippen LogP contribution < -0.4 is 18.5 Å². The molecule has 0 aliphatic carbocycles. The summed E-state index contributed by atoms with van der Waals surface area (Å²) in [6.45, 7) is 3.77. The quantitative estimate of drug-likeness (QED) is 0.674. The standard InChI is InChI=1S/C18H21NO5S/c1-5-11-19(14-7-6-8-15(12-14)22-2)25(20,21)16-9-10-17(23-3)18(13-16)24-4/h5-10,12-13H,1,11H2,2-4H3. The van der Waals surface area contributed by atoms with Crippen LogP contribution in [0.1, 0.15) is 0 Å². The fourth-order valence-electron chi connectivity index (χ4n) is 2.33. The summed E-state index contributed by atoms with van der Waals surface area (Å²) in [5, 5.41) is 0. The van der Waals surface area contributed by atoms with Crippen LogP contribution in [0.3, 0.4) is 0 Å². The maximum absolute atomic E-state index is 13.1. The average molecular weight is 363 g/mol. The third kappa shape index (κ3) is 3.88. The molecule has 0 atom stereocenters. The summed E-state index contributed by atoms with van der Waals surface area (Å²) in [6, 6.07) is 11.3. The summed E-state index contributed by atoms with van der Waals surface area (Å²) in [7, 11) is 0.648. The first-order valence-corrected chi connectivity index (χ1v) is 8.91. The molecule has 0 fully saturated rings. The fraction of sp³-hybridized carbons (Fsp3) is 0.222. The normalized spacial score (nSPS) is 10.8. The van der Waals surface area contributed by atoms with Crippen molar-refractivity contribution in [2.45, 2.75) is 4.90 Å². The topological polar surface area (TPSA) is 65.1 Å². The molecule has 0 aromatic heterocycles. The third-order valence-electron chi connectivity index (χ3n) is 3.58. The monoisotopic (exact) mass is 363 g/mol. The van der Waals surface area contributed by atoms with E-state index in [-0.39, 0.29) is 11.4 Å². The second kappa shape index (κ2) is 7.94. The summed E-state index contributed by atoms with van der Waals surface area (Å²) in [5.41, 5.74) is 0.481. The van der Waals surface area contributed by atoms with Crippen molar-refractivity contribution >= 4 is 15.7 Å². The molecule has 0 unspecified atom stereocenters. The minimum Gasteiger partial charge on any atom is -0.497 e. The van der Waals surface area contributed by atoms with Gasteiger partial charge in [0.25, 0.3) is 10.0 Å². The van der Waals surface area contributed by atoms with Crippen molar-refractivity contribution in [1.29, 1.82) is 0 Å². The molecule has 6 nitrogen and oxygen atoms in total. The lowest BCUT2D eigenvalue weighted by atomic mass is 10.3. The molecule has 0 heterocycles. The zero-order valence-electron chi connectivity index (χ0n) is 14.4. The van der Waals surface area contributed by atoms with Crippen LogP contribution in [0.2, 0.25) is 0 Å². The summed E-state index contributed by atoms with van der Waals surface area (Å²) in [5.74, 6) is 1.36. The Hall–Kier alpha value is -2.67. The van der Waals surface area contributed by atoms with Gasteiger partial charge in [0.1, 0.15) is 5.75 Å². The summed E-state index contributed by atoms with van der Waals surface area (Å²) >= 11 is 0. The molecule has 0 spiro atoms. The van der Waals surface area contributed by atoms with Gasteiger partial charge in [-0.05, 0) is 24.3 Å². The second-order valence-corrected chi connectivity index (χ2v) is 6.91. The number of hydrogen-bond donors (Lipinski definition) is 0. The largest absolute Gasteiger partial charge is 0.497 e. The first kappa shape index (κ1) is 18.7. The van der Waals surface area contributed by atoms with E-state index in [0.717, 1.165) is 0 Å². The maximum atomic E-state index is 13.1. The SMILES string of the molecule is C=CCN(c1cccc(OC)c1)S(=O)(=O)c1ccc(OC)c(OC)c1. The number of anilines is 1. The van der Waals surface area contributed by atoms with E-state index in [1.54, 1.807) is 30.3 Å². The van der Waals surface area contributed by atoms with Crippen molar-refractivity contribution in [3.63, 3.8) is 0 Å². The number of hydrogen-bond acceptors (Lipinski definition) is 5. The van der Waals surface area contributed by atoms with Crippen molar-refractivity contribution < 1.29 is 22.6 Å². The Balaban J connectivity index is 2.54. The Morgan fingerprint density at radius 1 is 1.00 bits per heavy atom. The molecule has 0 radical (unpaired) electrons. The molecule has 2 rings (SSSR count). The first-order chi connectivity index (χ1) is 12.0. The zero-order chi connectivity index (χ0) is 18.4. The summed E-state index contributed by atoms with van der Waals surface area (Å²) in [4.78, 5) is 0.0924. The molecule has 0 aliphatic rings. The molecule has 2 aromatic rings. The molecular weight excluding hydrogens is 342 g/mol. The highest BCUT2D eigenvalue weighted by Gasteiger charge is 2.25. The highest BCUT2D eigenvalue weighted by Crippen LogP contribution is 2.32. The van der Waals surface area contributed by atoms with Crippen LogP contribution in [0.4, 0.5) is 5.69 Å². The van der Waals surface area contributed by atoms with Crippen LogP contribution in [0.15, 0.2) is 60.0 Å². The Morgan fingerprint density at radius 2 is 1.72 bits per heavy atom. The van der Waals surface area contributed by atoms with Gasteiger partial charge in [0.15, 0.2) is 11.5 Å². The van der Waals surface area contributed by atoms with Gasteiger partial charge in [-0.3, -0.25) is 4.31 Å². The Kier molecular flexibility index (Phi) is 5.93. The van der Waals surface area contributed by atoms with Crippen molar-refractivity contribution in [3.8, 4) is 17.2 Å². The van der Waals surface area contributed by atoms with Crippen LogP contribution in [0.5, 0.6) is 17.2 Å². The van der Waals surface area contributed by atoms with E-state index in [9.17, 15) is 8.42 Å². The number of benzene rings is 2. The molecule has 134 valence electrons. The van der Waals surface area contributed by atoms with Crippen LogP contribution in [0, 0.1) is 0 Å². The summed E-state index contributed by atoms with van der Waals surface area (Å²) < 4.78 is 43.1. The lowest BCUT2D eigenvalue weighted by Crippen LogP contribution is -2.31. The Labute approximate surface area is 148 Å². The van der Waals surface area contributed by atoms with Crippen LogP contribution >= 0.6 is 0 Å². The van der Waals surface area contributed by atoms with Crippen LogP contribution in [0.25, 0.3) is 0 Å². The summed E-state index contributed by atoms with van der Waals surface area (Å²) in [6.07, 6.45) is 1.53. The molecule has 0 saturated heterocycles. The van der Waals surface area contributed by atoms with E-state index in [1.165, 1.54) is 43.8 Å². The highest BCUT2D eigenvalue weighted by atomic mass is 32.2. The minimum absolute atomic E-state index is 0.0924. The number of nitrogens with zero attached hydrogens (tertiary/aromatic N) is 1. The highest BCUT2D eigenvalue weighted by molar-refractivity contribution is 7.92. The molecule has 2 aromatic carbocycles.